The van der Waals surface area contributed by atoms with E-state index in [9.17, 15) is 0 Å². The summed E-state index contributed by atoms with van der Waals surface area (Å²) in [6.45, 7) is 7.28. The molecule has 3 heterocycles. The van der Waals surface area contributed by atoms with Crippen LogP contribution in [0.25, 0.3) is 0 Å². The average molecular weight is 299 g/mol. The first-order valence-corrected chi connectivity index (χ1v) is 8.23. The van der Waals surface area contributed by atoms with Crippen molar-refractivity contribution >= 4 is 0 Å². The molecule has 1 atom stereocenters. The maximum atomic E-state index is 4.53. The number of hydrogen-bond donors (Lipinski definition) is 0. The summed E-state index contributed by atoms with van der Waals surface area (Å²) in [5.74, 6) is 1.90. The zero-order valence-corrected chi connectivity index (χ0v) is 13.6. The van der Waals surface area contributed by atoms with Crippen LogP contribution in [0.1, 0.15) is 36.5 Å². The van der Waals surface area contributed by atoms with Crippen molar-refractivity contribution in [3.05, 3.63) is 41.7 Å². The third kappa shape index (κ3) is 3.71. The van der Waals surface area contributed by atoms with Crippen LogP contribution in [0.3, 0.4) is 0 Å². The maximum Gasteiger partial charge on any atom is 0.147 e. The van der Waals surface area contributed by atoms with Crippen molar-refractivity contribution in [1.82, 2.24) is 24.6 Å². The molecule has 0 radical (unpaired) electrons. The van der Waals surface area contributed by atoms with Crippen LogP contribution in [-0.4, -0.2) is 43.8 Å². The number of rotatable bonds is 5. The van der Waals surface area contributed by atoms with Gasteiger partial charge in [0, 0.05) is 25.0 Å². The summed E-state index contributed by atoms with van der Waals surface area (Å²) in [7, 11) is 0. The summed E-state index contributed by atoms with van der Waals surface area (Å²) < 4.78 is 2.07. The molecule has 1 saturated heterocycles. The van der Waals surface area contributed by atoms with Crippen LogP contribution in [0, 0.1) is 13.8 Å². The summed E-state index contributed by atoms with van der Waals surface area (Å²) in [6.07, 6.45) is 8.74. The van der Waals surface area contributed by atoms with Crippen LogP contribution in [0.2, 0.25) is 0 Å². The molecule has 5 nitrogen and oxygen atoms in total. The molecule has 118 valence electrons. The molecular formula is C17H25N5. The zero-order valence-electron chi connectivity index (χ0n) is 13.6. The quantitative estimate of drug-likeness (QED) is 0.850. The van der Waals surface area contributed by atoms with Crippen LogP contribution in [0.15, 0.2) is 24.5 Å². The summed E-state index contributed by atoms with van der Waals surface area (Å²) >= 11 is 0. The minimum atomic E-state index is 0.579. The van der Waals surface area contributed by atoms with Gasteiger partial charge in [-0.1, -0.05) is 6.42 Å². The highest BCUT2D eigenvalue weighted by Crippen LogP contribution is 2.19. The lowest BCUT2D eigenvalue weighted by molar-refractivity contribution is 0.130. The summed E-state index contributed by atoms with van der Waals surface area (Å²) in [5.41, 5.74) is 1.37. The predicted octanol–water partition coefficient (Wildman–Crippen LogP) is 2.39. The fraction of sp³-hybridized carbons (Fsp3) is 0.588. The number of nitrogens with zero attached hydrogens (tertiary/aromatic N) is 5. The van der Waals surface area contributed by atoms with Gasteiger partial charge in [0.15, 0.2) is 0 Å². The molecule has 2 aromatic heterocycles. The van der Waals surface area contributed by atoms with Gasteiger partial charge >= 0.3 is 0 Å². The highest BCUT2D eigenvalue weighted by atomic mass is 15.4. The number of pyridine rings is 1. The van der Waals surface area contributed by atoms with Crippen molar-refractivity contribution in [3.63, 3.8) is 0 Å². The number of hydrogen-bond acceptors (Lipinski definition) is 4. The van der Waals surface area contributed by atoms with Crippen LogP contribution in [0.5, 0.6) is 0 Å². The smallest absolute Gasteiger partial charge is 0.147 e. The Morgan fingerprint density at radius 1 is 1.18 bits per heavy atom. The number of likely N-dealkylation sites (tertiary alicyclic amines) is 1. The van der Waals surface area contributed by atoms with Gasteiger partial charge in [0.1, 0.15) is 11.6 Å². The fourth-order valence-corrected chi connectivity index (χ4v) is 3.32. The SMILES string of the molecule is Cc1nc(C)n(C[C@H]2CCCCN2CCc2ccncc2)n1. The van der Waals surface area contributed by atoms with Gasteiger partial charge in [0.05, 0.1) is 6.54 Å². The van der Waals surface area contributed by atoms with Crippen LogP contribution in [0.4, 0.5) is 0 Å². The van der Waals surface area contributed by atoms with Crippen molar-refractivity contribution in [2.45, 2.75) is 52.1 Å². The molecule has 1 fully saturated rings. The van der Waals surface area contributed by atoms with Crippen molar-refractivity contribution in [2.75, 3.05) is 13.1 Å². The molecule has 0 N–H and O–H groups in total. The molecule has 5 heteroatoms. The van der Waals surface area contributed by atoms with E-state index in [1.54, 1.807) is 0 Å². The van der Waals surface area contributed by atoms with Gasteiger partial charge in [-0.15, -0.1) is 0 Å². The lowest BCUT2D eigenvalue weighted by Gasteiger charge is -2.35. The standard InChI is InChI=1S/C17H25N5/c1-14-19-15(2)22(20-14)13-17-5-3-4-11-21(17)12-8-16-6-9-18-10-7-16/h6-7,9-10,17H,3-5,8,11-13H2,1-2H3/t17-/m1/s1. The molecule has 0 bridgehead atoms. The van der Waals surface area contributed by atoms with E-state index in [-0.39, 0.29) is 0 Å². The van der Waals surface area contributed by atoms with Crippen LogP contribution in [-0.2, 0) is 13.0 Å². The Hall–Kier alpha value is -1.75. The lowest BCUT2D eigenvalue weighted by atomic mass is 10.0. The van der Waals surface area contributed by atoms with Crippen molar-refractivity contribution in [2.24, 2.45) is 0 Å². The van der Waals surface area contributed by atoms with Crippen molar-refractivity contribution in [3.8, 4) is 0 Å². The van der Waals surface area contributed by atoms with E-state index in [0.29, 0.717) is 6.04 Å². The van der Waals surface area contributed by atoms with E-state index in [1.165, 1.54) is 31.4 Å². The van der Waals surface area contributed by atoms with E-state index in [2.05, 4.69) is 36.8 Å². The number of piperidine rings is 1. The number of aryl methyl sites for hydroxylation is 2. The second-order valence-electron chi connectivity index (χ2n) is 6.18. The topological polar surface area (TPSA) is 46.8 Å². The summed E-state index contributed by atoms with van der Waals surface area (Å²) in [4.78, 5) is 11.1. The molecule has 2 aromatic rings. The first kappa shape index (κ1) is 15.2. The molecule has 0 aromatic carbocycles. The third-order valence-corrected chi connectivity index (χ3v) is 4.53. The minimum Gasteiger partial charge on any atom is -0.298 e. The maximum absolute atomic E-state index is 4.53. The van der Waals surface area contributed by atoms with Gasteiger partial charge in [0.25, 0.3) is 0 Å². The average Bonchev–Trinajstić information content (AvgIpc) is 2.85. The molecule has 0 aliphatic carbocycles. The van der Waals surface area contributed by atoms with Gasteiger partial charge in [-0.2, -0.15) is 5.10 Å². The second-order valence-corrected chi connectivity index (χ2v) is 6.18. The Kier molecular flexibility index (Phi) is 4.83. The molecule has 1 aliphatic rings. The normalized spacial score (nSPS) is 19.5. The van der Waals surface area contributed by atoms with Gasteiger partial charge in [-0.3, -0.25) is 9.88 Å². The molecule has 0 amide bonds. The monoisotopic (exact) mass is 299 g/mol. The minimum absolute atomic E-state index is 0.579. The van der Waals surface area contributed by atoms with Crippen molar-refractivity contribution < 1.29 is 0 Å². The van der Waals surface area contributed by atoms with Gasteiger partial charge in [-0.25, -0.2) is 9.67 Å². The van der Waals surface area contributed by atoms with E-state index in [0.717, 1.165) is 31.2 Å². The largest absolute Gasteiger partial charge is 0.298 e. The van der Waals surface area contributed by atoms with E-state index >= 15 is 0 Å². The fourth-order valence-electron chi connectivity index (χ4n) is 3.32. The molecule has 0 saturated carbocycles. The Morgan fingerprint density at radius 3 is 2.73 bits per heavy atom. The van der Waals surface area contributed by atoms with E-state index in [1.807, 2.05) is 26.2 Å². The Balaban J connectivity index is 1.62. The molecule has 1 aliphatic heterocycles. The molecule has 0 unspecified atom stereocenters. The zero-order chi connectivity index (χ0) is 15.4. The van der Waals surface area contributed by atoms with Gasteiger partial charge in [-0.05, 0) is 57.4 Å². The van der Waals surface area contributed by atoms with E-state index < -0.39 is 0 Å². The molecular weight excluding hydrogens is 274 g/mol. The van der Waals surface area contributed by atoms with Gasteiger partial charge < -0.3 is 0 Å². The number of aromatic nitrogens is 4. The lowest BCUT2D eigenvalue weighted by Crippen LogP contribution is -2.43. The molecule has 22 heavy (non-hydrogen) atoms. The first-order chi connectivity index (χ1) is 10.7. The second kappa shape index (κ2) is 7.01. The summed E-state index contributed by atoms with van der Waals surface area (Å²) in [6, 6.07) is 4.81. The van der Waals surface area contributed by atoms with Crippen LogP contribution < -0.4 is 0 Å². The molecule has 0 spiro atoms. The Bertz CT molecular complexity index is 592. The predicted molar refractivity (Wildman–Crippen MR) is 86.6 cm³/mol. The molecule has 3 rings (SSSR count). The van der Waals surface area contributed by atoms with E-state index in [4.69, 9.17) is 0 Å². The van der Waals surface area contributed by atoms with Crippen LogP contribution >= 0.6 is 0 Å². The highest BCUT2D eigenvalue weighted by Gasteiger charge is 2.23. The Labute approximate surface area is 132 Å². The van der Waals surface area contributed by atoms with Crippen molar-refractivity contribution in [1.29, 1.82) is 0 Å². The Morgan fingerprint density at radius 2 is 2.00 bits per heavy atom. The summed E-state index contributed by atoms with van der Waals surface area (Å²) in [5, 5.41) is 4.53. The first-order valence-electron chi connectivity index (χ1n) is 8.23. The third-order valence-electron chi connectivity index (χ3n) is 4.53. The highest BCUT2D eigenvalue weighted by molar-refractivity contribution is 5.10. The van der Waals surface area contributed by atoms with Gasteiger partial charge in [0.2, 0.25) is 0 Å².